The lowest BCUT2D eigenvalue weighted by Gasteiger charge is -2.38. The highest BCUT2D eigenvalue weighted by molar-refractivity contribution is 6.30. The Balaban J connectivity index is 1.48. The number of halogens is 1. The van der Waals surface area contributed by atoms with Crippen LogP contribution in [0.3, 0.4) is 0 Å². The van der Waals surface area contributed by atoms with Gasteiger partial charge >= 0.3 is 0 Å². The van der Waals surface area contributed by atoms with Gasteiger partial charge in [0.1, 0.15) is 0 Å². The molecule has 3 aromatic rings. The topological polar surface area (TPSA) is 18.8 Å². The number of rotatable bonds is 5. The summed E-state index contributed by atoms with van der Waals surface area (Å²) in [6, 6.07) is 29.4. The van der Waals surface area contributed by atoms with Crippen molar-refractivity contribution in [2.24, 2.45) is 5.10 Å². The van der Waals surface area contributed by atoms with E-state index in [1.54, 1.807) is 0 Å². The van der Waals surface area contributed by atoms with Crippen molar-refractivity contribution in [1.29, 1.82) is 0 Å². The fourth-order valence-electron chi connectivity index (χ4n) is 3.67. The van der Waals surface area contributed by atoms with Gasteiger partial charge in [-0.2, -0.15) is 5.10 Å². The summed E-state index contributed by atoms with van der Waals surface area (Å²) in [5.41, 5.74) is 3.72. The van der Waals surface area contributed by atoms with Crippen molar-refractivity contribution in [3.8, 4) is 0 Å². The minimum absolute atomic E-state index is 0.235. The first-order chi connectivity index (χ1) is 13.8. The van der Waals surface area contributed by atoms with Crippen LogP contribution in [0, 0.1) is 0 Å². The monoisotopic (exact) mass is 389 g/mol. The SMILES string of the molecule is Clc1ccc(C(c2ccccc2)N2CCN(N=Cc3ccccc3)CC2)cc1. The maximum Gasteiger partial charge on any atom is 0.0603 e. The summed E-state index contributed by atoms with van der Waals surface area (Å²) in [6.45, 7) is 3.77. The summed E-state index contributed by atoms with van der Waals surface area (Å²) >= 11 is 6.12. The molecule has 0 bridgehead atoms. The zero-order valence-corrected chi connectivity index (χ0v) is 16.5. The molecule has 0 radical (unpaired) electrons. The van der Waals surface area contributed by atoms with E-state index in [1.807, 2.05) is 36.5 Å². The zero-order valence-electron chi connectivity index (χ0n) is 15.8. The lowest BCUT2D eigenvalue weighted by molar-refractivity contribution is 0.113. The highest BCUT2D eigenvalue weighted by atomic mass is 35.5. The Kier molecular flexibility index (Phi) is 6.05. The van der Waals surface area contributed by atoms with Crippen molar-refractivity contribution in [3.05, 3.63) is 107 Å². The molecule has 0 spiro atoms. The van der Waals surface area contributed by atoms with Gasteiger partial charge in [-0.15, -0.1) is 0 Å². The van der Waals surface area contributed by atoms with Crippen LogP contribution >= 0.6 is 11.6 Å². The molecule has 1 atom stereocenters. The van der Waals surface area contributed by atoms with Crippen molar-refractivity contribution in [2.75, 3.05) is 26.2 Å². The molecule has 0 amide bonds. The third-order valence-corrected chi connectivity index (χ3v) is 5.38. The molecule has 1 saturated heterocycles. The number of nitrogens with zero attached hydrogens (tertiary/aromatic N) is 3. The highest BCUT2D eigenvalue weighted by Crippen LogP contribution is 2.30. The van der Waals surface area contributed by atoms with Gasteiger partial charge in [0.25, 0.3) is 0 Å². The van der Waals surface area contributed by atoms with E-state index in [9.17, 15) is 0 Å². The Morgan fingerprint density at radius 2 is 1.29 bits per heavy atom. The Morgan fingerprint density at radius 3 is 1.93 bits per heavy atom. The van der Waals surface area contributed by atoms with E-state index in [0.717, 1.165) is 36.8 Å². The van der Waals surface area contributed by atoms with Gasteiger partial charge in [-0.25, -0.2) is 0 Å². The molecule has 142 valence electrons. The van der Waals surface area contributed by atoms with Gasteiger partial charge in [-0.05, 0) is 28.8 Å². The number of hydrogen-bond donors (Lipinski definition) is 0. The van der Waals surface area contributed by atoms with Crippen LogP contribution in [0.4, 0.5) is 0 Å². The van der Waals surface area contributed by atoms with Crippen LogP contribution in [0.2, 0.25) is 5.02 Å². The molecule has 3 aromatic carbocycles. The van der Waals surface area contributed by atoms with Gasteiger partial charge in [-0.1, -0.05) is 84.4 Å². The number of benzene rings is 3. The van der Waals surface area contributed by atoms with Gasteiger partial charge in [0, 0.05) is 31.2 Å². The smallest absolute Gasteiger partial charge is 0.0603 e. The predicted octanol–water partition coefficient (Wildman–Crippen LogP) is 5.08. The van der Waals surface area contributed by atoms with Crippen LogP contribution in [0.25, 0.3) is 0 Å². The molecule has 1 aliphatic rings. The maximum absolute atomic E-state index is 6.12. The van der Waals surface area contributed by atoms with E-state index in [-0.39, 0.29) is 6.04 Å². The molecule has 1 fully saturated rings. The standard InChI is InChI=1S/C24H24ClN3/c25-23-13-11-22(12-14-23)24(21-9-5-2-6-10-21)27-15-17-28(18-16-27)26-19-20-7-3-1-4-8-20/h1-14,19,24H,15-18H2. The van der Waals surface area contributed by atoms with Crippen molar-refractivity contribution in [3.63, 3.8) is 0 Å². The molecule has 28 heavy (non-hydrogen) atoms. The van der Waals surface area contributed by atoms with Gasteiger partial charge in [0.05, 0.1) is 12.3 Å². The highest BCUT2D eigenvalue weighted by Gasteiger charge is 2.25. The van der Waals surface area contributed by atoms with Crippen LogP contribution in [0.1, 0.15) is 22.7 Å². The second-order valence-electron chi connectivity index (χ2n) is 7.01. The molecule has 4 heteroatoms. The quantitative estimate of drug-likeness (QED) is 0.566. The molecule has 0 saturated carbocycles. The normalized spacial score (nSPS) is 16.4. The first-order valence-corrected chi connectivity index (χ1v) is 10.1. The summed E-state index contributed by atoms with van der Waals surface area (Å²) in [7, 11) is 0. The molecule has 4 rings (SSSR count). The lowest BCUT2D eigenvalue weighted by atomic mass is 9.96. The fraction of sp³-hybridized carbons (Fsp3) is 0.208. The molecule has 0 N–H and O–H groups in total. The maximum atomic E-state index is 6.12. The largest absolute Gasteiger partial charge is 0.294 e. The molecule has 1 heterocycles. The van der Waals surface area contributed by atoms with Crippen molar-refractivity contribution < 1.29 is 0 Å². The lowest BCUT2D eigenvalue weighted by Crippen LogP contribution is -2.45. The summed E-state index contributed by atoms with van der Waals surface area (Å²) in [4.78, 5) is 2.53. The Labute approximate surface area is 171 Å². The van der Waals surface area contributed by atoms with Gasteiger partial charge in [0.2, 0.25) is 0 Å². The second-order valence-corrected chi connectivity index (χ2v) is 7.45. The predicted molar refractivity (Wildman–Crippen MR) is 117 cm³/mol. The fourth-order valence-corrected chi connectivity index (χ4v) is 3.79. The van der Waals surface area contributed by atoms with Crippen LogP contribution in [0.15, 0.2) is 90.0 Å². The molecule has 0 aromatic heterocycles. The van der Waals surface area contributed by atoms with Crippen molar-refractivity contribution in [2.45, 2.75) is 6.04 Å². The van der Waals surface area contributed by atoms with Crippen LogP contribution in [0.5, 0.6) is 0 Å². The minimum Gasteiger partial charge on any atom is -0.294 e. The van der Waals surface area contributed by atoms with E-state index >= 15 is 0 Å². The number of hydrazone groups is 1. The first kappa shape index (κ1) is 18.7. The third kappa shape index (κ3) is 4.61. The Bertz CT molecular complexity index is 886. The van der Waals surface area contributed by atoms with Crippen molar-refractivity contribution in [1.82, 2.24) is 9.91 Å². The number of piperazine rings is 1. The van der Waals surface area contributed by atoms with Gasteiger partial charge < -0.3 is 0 Å². The second kappa shape index (κ2) is 9.05. The molecular weight excluding hydrogens is 366 g/mol. The summed E-state index contributed by atoms with van der Waals surface area (Å²) in [5, 5.41) is 7.60. The molecule has 1 aliphatic heterocycles. The van der Waals surface area contributed by atoms with Crippen molar-refractivity contribution >= 4 is 17.8 Å². The van der Waals surface area contributed by atoms with E-state index < -0.39 is 0 Å². The van der Waals surface area contributed by atoms with Crippen LogP contribution in [-0.4, -0.2) is 42.3 Å². The van der Waals surface area contributed by atoms with E-state index in [1.165, 1.54) is 11.1 Å². The molecular formula is C24H24ClN3. The zero-order chi connectivity index (χ0) is 19.2. The van der Waals surface area contributed by atoms with E-state index in [0.29, 0.717) is 0 Å². The van der Waals surface area contributed by atoms with Crippen LogP contribution in [-0.2, 0) is 0 Å². The average molecular weight is 390 g/mol. The van der Waals surface area contributed by atoms with E-state index in [4.69, 9.17) is 11.6 Å². The third-order valence-electron chi connectivity index (χ3n) is 5.13. The first-order valence-electron chi connectivity index (χ1n) is 9.68. The average Bonchev–Trinajstić information content (AvgIpc) is 2.76. The van der Waals surface area contributed by atoms with Gasteiger partial charge in [-0.3, -0.25) is 9.91 Å². The molecule has 1 unspecified atom stereocenters. The summed E-state index contributed by atoms with van der Waals surface area (Å²) in [6.07, 6.45) is 1.95. The Morgan fingerprint density at radius 1 is 0.714 bits per heavy atom. The molecule has 0 aliphatic carbocycles. The van der Waals surface area contributed by atoms with Crippen LogP contribution < -0.4 is 0 Å². The van der Waals surface area contributed by atoms with Gasteiger partial charge in [0.15, 0.2) is 0 Å². The number of hydrogen-bond acceptors (Lipinski definition) is 3. The molecule has 3 nitrogen and oxygen atoms in total. The Hall–Kier alpha value is -2.62. The summed E-state index contributed by atoms with van der Waals surface area (Å²) < 4.78 is 0. The summed E-state index contributed by atoms with van der Waals surface area (Å²) in [5.74, 6) is 0. The minimum atomic E-state index is 0.235. The van der Waals surface area contributed by atoms with E-state index in [2.05, 4.69) is 69.6 Å².